The SMILES string of the molecule is N#CC(C#N)=CNc1ccc2cc(F)cnc2c1. The van der Waals surface area contributed by atoms with Gasteiger partial charge < -0.3 is 5.32 Å². The maximum Gasteiger partial charge on any atom is 0.145 e. The van der Waals surface area contributed by atoms with E-state index in [1.807, 2.05) is 0 Å². The Kier molecular flexibility index (Phi) is 3.17. The van der Waals surface area contributed by atoms with E-state index < -0.39 is 0 Å². The molecule has 0 bridgehead atoms. The predicted octanol–water partition coefficient (Wildman–Crippen LogP) is 2.72. The quantitative estimate of drug-likeness (QED) is 0.816. The van der Waals surface area contributed by atoms with Crippen molar-refractivity contribution < 1.29 is 4.39 Å². The maximum absolute atomic E-state index is 12.9. The number of halogens is 1. The molecule has 4 nitrogen and oxygen atoms in total. The molecule has 0 saturated heterocycles. The summed E-state index contributed by atoms with van der Waals surface area (Å²) in [7, 11) is 0. The molecule has 1 N–H and O–H groups in total. The smallest absolute Gasteiger partial charge is 0.145 e. The first kappa shape index (κ1) is 11.6. The van der Waals surface area contributed by atoms with Crippen LogP contribution in [0.1, 0.15) is 0 Å². The van der Waals surface area contributed by atoms with Gasteiger partial charge in [-0.15, -0.1) is 0 Å². The van der Waals surface area contributed by atoms with E-state index in [1.165, 1.54) is 12.3 Å². The molecule has 2 rings (SSSR count). The topological polar surface area (TPSA) is 72.5 Å². The number of nitriles is 2. The van der Waals surface area contributed by atoms with E-state index in [-0.39, 0.29) is 11.4 Å². The van der Waals surface area contributed by atoms with Crippen LogP contribution < -0.4 is 5.32 Å². The Balaban J connectivity index is 2.32. The van der Waals surface area contributed by atoms with E-state index >= 15 is 0 Å². The van der Waals surface area contributed by atoms with Gasteiger partial charge in [-0.3, -0.25) is 4.98 Å². The van der Waals surface area contributed by atoms with Crippen molar-refractivity contribution >= 4 is 16.6 Å². The van der Waals surface area contributed by atoms with Crippen LogP contribution in [0.4, 0.5) is 10.1 Å². The van der Waals surface area contributed by atoms with Crippen molar-refractivity contribution in [3.05, 3.63) is 48.1 Å². The van der Waals surface area contributed by atoms with E-state index in [1.54, 1.807) is 30.3 Å². The number of hydrogen-bond donors (Lipinski definition) is 1. The molecule has 86 valence electrons. The van der Waals surface area contributed by atoms with Gasteiger partial charge in [-0.2, -0.15) is 10.5 Å². The van der Waals surface area contributed by atoms with Crippen molar-refractivity contribution in [1.29, 1.82) is 10.5 Å². The second-order valence-corrected chi connectivity index (χ2v) is 3.49. The Morgan fingerprint density at radius 2 is 2.06 bits per heavy atom. The first-order valence-electron chi connectivity index (χ1n) is 5.05. The Morgan fingerprint density at radius 1 is 1.28 bits per heavy atom. The normalized spacial score (nSPS) is 9.28. The van der Waals surface area contributed by atoms with Crippen molar-refractivity contribution in [1.82, 2.24) is 4.98 Å². The number of benzene rings is 1. The highest BCUT2D eigenvalue weighted by Crippen LogP contribution is 2.18. The molecule has 0 saturated carbocycles. The summed E-state index contributed by atoms with van der Waals surface area (Å²) >= 11 is 0. The summed E-state index contributed by atoms with van der Waals surface area (Å²) in [6.07, 6.45) is 2.45. The van der Waals surface area contributed by atoms with Crippen molar-refractivity contribution in [3.63, 3.8) is 0 Å². The van der Waals surface area contributed by atoms with Crippen molar-refractivity contribution in [2.75, 3.05) is 5.32 Å². The molecule has 1 aromatic carbocycles. The van der Waals surface area contributed by atoms with Gasteiger partial charge in [-0.1, -0.05) is 6.07 Å². The minimum atomic E-state index is -0.389. The summed E-state index contributed by atoms with van der Waals surface area (Å²) in [6.45, 7) is 0. The lowest BCUT2D eigenvalue weighted by Gasteiger charge is -2.02. The lowest BCUT2D eigenvalue weighted by atomic mass is 10.2. The number of rotatable bonds is 2. The van der Waals surface area contributed by atoms with Crippen LogP contribution in [0.2, 0.25) is 0 Å². The molecule has 0 aliphatic heterocycles. The summed E-state index contributed by atoms with van der Waals surface area (Å²) < 4.78 is 12.9. The zero-order chi connectivity index (χ0) is 13.0. The second kappa shape index (κ2) is 4.94. The molecule has 1 heterocycles. The zero-order valence-electron chi connectivity index (χ0n) is 9.18. The van der Waals surface area contributed by atoms with Gasteiger partial charge in [0.2, 0.25) is 0 Å². The highest BCUT2D eigenvalue weighted by atomic mass is 19.1. The number of pyridine rings is 1. The number of nitrogens with one attached hydrogen (secondary N) is 1. The van der Waals surface area contributed by atoms with Crippen LogP contribution in [0.5, 0.6) is 0 Å². The fourth-order valence-corrected chi connectivity index (χ4v) is 1.43. The van der Waals surface area contributed by atoms with Crippen molar-refractivity contribution in [3.8, 4) is 12.1 Å². The van der Waals surface area contributed by atoms with Crippen molar-refractivity contribution in [2.24, 2.45) is 0 Å². The summed E-state index contributed by atoms with van der Waals surface area (Å²) in [4.78, 5) is 3.94. The number of aromatic nitrogens is 1. The molecular formula is C13H7FN4. The molecule has 0 spiro atoms. The molecule has 0 aliphatic carbocycles. The Bertz CT molecular complexity index is 691. The van der Waals surface area contributed by atoms with Crippen LogP contribution in [-0.4, -0.2) is 4.98 Å². The highest BCUT2D eigenvalue weighted by Gasteiger charge is 1.99. The fraction of sp³-hybridized carbons (Fsp3) is 0. The third-order valence-electron chi connectivity index (χ3n) is 2.27. The monoisotopic (exact) mass is 238 g/mol. The zero-order valence-corrected chi connectivity index (χ0v) is 9.18. The van der Waals surface area contributed by atoms with E-state index in [0.29, 0.717) is 16.6 Å². The largest absolute Gasteiger partial charge is 0.360 e. The minimum absolute atomic E-state index is 0.0258. The fourth-order valence-electron chi connectivity index (χ4n) is 1.43. The van der Waals surface area contributed by atoms with Crippen LogP contribution in [0.25, 0.3) is 10.9 Å². The molecule has 0 atom stereocenters. The van der Waals surface area contributed by atoms with Crippen LogP contribution >= 0.6 is 0 Å². The van der Waals surface area contributed by atoms with Gasteiger partial charge in [-0.25, -0.2) is 4.39 Å². The van der Waals surface area contributed by atoms with Gasteiger partial charge in [0.1, 0.15) is 23.5 Å². The summed E-state index contributed by atoms with van der Waals surface area (Å²) in [6, 6.07) is 9.99. The predicted molar refractivity (Wildman–Crippen MR) is 64.6 cm³/mol. The standard InChI is InChI=1S/C13H7FN4/c14-11-3-10-1-2-12(4-13(10)18-8-11)17-7-9(5-15)6-16/h1-4,7-8,17H. The number of fused-ring (bicyclic) bond motifs is 1. The van der Waals surface area contributed by atoms with Crippen molar-refractivity contribution in [2.45, 2.75) is 0 Å². The Labute approximate surface area is 103 Å². The molecule has 0 amide bonds. The average molecular weight is 238 g/mol. The first-order valence-corrected chi connectivity index (χ1v) is 5.05. The summed E-state index contributed by atoms with van der Waals surface area (Å²) in [5.41, 5.74) is 1.28. The van der Waals surface area contributed by atoms with E-state index in [9.17, 15) is 4.39 Å². The van der Waals surface area contributed by atoms with Crippen LogP contribution in [-0.2, 0) is 0 Å². The van der Waals surface area contributed by atoms with E-state index in [2.05, 4.69) is 10.3 Å². The number of allylic oxidation sites excluding steroid dienone is 1. The molecular weight excluding hydrogens is 231 g/mol. The van der Waals surface area contributed by atoms with Gasteiger partial charge in [0, 0.05) is 17.3 Å². The molecule has 0 aliphatic rings. The van der Waals surface area contributed by atoms with Gasteiger partial charge in [0.25, 0.3) is 0 Å². The average Bonchev–Trinajstić information content (AvgIpc) is 2.40. The lowest BCUT2D eigenvalue weighted by Crippen LogP contribution is -1.90. The number of nitrogens with zero attached hydrogens (tertiary/aromatic N) is 3. The summed E-state index contributed by atoms with van der Waals surface area (Å²) in [5.74, 6) is -0.389. The Morgan fingerprint density at radius 3 is 2.78 bits per heavy atom. The van der Waals surface area contributed by atoms with Crippen LogP contribution in [0.15, 0.2) is 42.2 Å². The lowest BCUT2D eigenvalue weighted by molar-refractivity contribution is 0.624. The minimum Gasteiger partial charge on any atom is -0.360 e. The maximum atomic E-state index is 12.9. The third-order valence-corrected chi connectivity index (χ3v) is 2.27. The van der Waals surface area contributed by atoms with Gasteiger partial charge in [0.15, 0.2) is 0 Å². The molecule has 2 aromatic rings. The van der Waals surface area contributed by atoms with E-state index in [0.717, 1.165) is 6.20 Å². The van der Waals surface area contributed by atoms with Crippen LogP contribution in [0.3, 0.4) is 0 Å². The van der Waals surface area contributed by atoms with Gasteiger partial charge >= 0.3 is 0 Å². The molecule has 0 radical (unpaired) electrons. The number of hydrogen-bond acceptors (Lipinski definition) is 4. The van der Waals surface area contributed by atoms with Gasteiger partial charge in [0.05, 0.1) is 11.7 Å². The molecule has 0 fully saturated rings. The number of anilines is 1. The summed E-state index contributed by atoms with van der Waals surface area (Å²) in [5, 5.41) is 20.6. The van der Waals surface area contributed by atoms with Crippen LogP contribution in [0, 0.1) is 28.5 Å². The highest BCUT2D eigenvalue weighted by molar-refractivity contribution is 5.82. The molecule has 18 heavy (non-hydrogen) atoms. The van der Waals surface area contributed by atoms with Gasteiger partial charge in [-0.05, 0) is 18.2 Å². The first-order chi connectivity index (χ1) is 8.72. The third kappa shape index (κ3) is 2.42. The van der Waals surface area contributed by atoms with E-state index in [4.69, 9.17) is 10.5 Å². The second-order valence-electron chi connectivity index (χ2n) is 3.49. The Hall–Kier alpha value is -2.92. The molecule has 5 heteroatoms. The molecule has 0 unspecified atom stereocenters. The molecule has 1 aromatic heterocycles.